The summed E-state index contributed by atoms with van der Waals surface area (Å²) in [5.41, 5.74) is -0.309. The summed E-state index contributed by atoms with van der Waals surface area (Å²) < 4.78 is 68.3. The second kappa shape index (κ2) is 7.06. The number of nitrogens with one attached hydrogen (secondary N) is 1. The predicted octanol–water partition coefficient (Wildman–Crippen LogP) is 4.47. The Hall–Kier alpha value is -2.10. The number of sulfonamides is 1. The van der Waals surface area contributed by atoms with Crippen LogP contribution in [0.1, 0.15) is 25.2 Å². The molecule has 0 amide bonds. The van der Waals surface area contributed by atoms with Crippen LogP contribution in [0.15, 0.2) is 53.4 Å². The van der Waals surface area contributed by atoms with Crippen molar-refractivity contribution in [2.45, 2.75) is 36.5 Å². The molecule has 28 heavy (non-hydrogen) atoms. The number of halogens is 4. The zero-order valence-electron chi connectivity index (χ0n) is 15.0. The van der Waals surface area contributed by atoms with Crippen LogP contribution in [0.25, 0.3) is 11.0 Å². The Morgan fingerprint density at radius 3 is 2.36 bits per heavy atom. The van der Waals surface area contributed by atoms with E-state index in [4.69, 9.17) is 11.6 Å². The molecule has 0 spiro atoms. The molecule has 2 aromatic carbocycles. The lowest BCUT2D eigenvalue weighted by Gasteiger charge is -2.24. The molecule has 0 saturated heterocycles. The molecule has 1 aromatic heterocycles. The normalized spacial score (nSPS) is 14.9. The fourth-order valence-corrected chi connectivity index (χ4v) is 4.61. The van der Waals surface area contributed by atoms with Gasteiger partial charge in [-0.25, -0.2) is 13.4 Å². The van der Waals surface area contributed by atoms with Crippen LogP contribution in [0.3, 0.4) is 0 Å². The van der Waals surface area contributed by atoms with E-state index >= 15 is 0 Å². The van der Waals surface area contributed by atoms with Gasteiger partial charge in [-0.05, 0) is 44.2 Å². The van der Waals surface area contributed by atoms with Crippen LogP contribution in [0.4, 0.5) is 13.2 Å². The van der Waals surface area contributed by atoms with E-state index in [2.05, 4.69) is 9.71 Å². The van der Waals surface area contributed by atoms with Gasteiger partial charge in [0.15, 0.2) is 5.00 Å². The van der Waals surface area contributed by atoms with Crippen LogP contribution in [0.5, 0.6) is 0 Å². The molecule has 0 aliphatic rings. The Morgan fingerprint density at radius 1 is 1.14 bits per heavy atom. The number of aryl methyl sites for hydroxylation is 1. The molecule has 0 saturated carbocycles. The molecule has 0 radical (unpaired) electrons. The number of hydrogen-bond donors (Lipinski definition) is 1. The van der Waals surface area contributed by atoms with Crippen molar-refractivity contribution in [3.05, 3.63) is 59.9 Å². The van der Waals surface area contributed by atoms with Crippen LogP contribution in [-0.4, -0.2) is 18.0 Å². The predicted molar refractivity (Wildman–Crippen MR) is 100 cm³/mol. The summed E-state index contributed by atoms with van der Waals surface area (Å²) in [4.78, 5) is 2.63. The molecule has 1 atom stereocenters. The van der Waals surface area contributed by atoms with Gasteiger partial charge in [0.1, 0.15) is 5.82 Å². The molecule has 0 aliphatic carbocycles. The van der Waals surface area contributed by atoms with E-state index in [9.17, 15) is 21.6 Å². The van der Waals surface area contributed by atoms with Crippen LogP contribution < -0.4 is 4.72 Å². The lowest BCUT2D eigenvalue weighted by molar-refractivity contribution is -0.137. The summed E-state index contributed by atoms with van der Waals surface area (Å²) in [6, 6.07) is 10.8. The first-order chi connectivity index (χ1) is 13.0. The monoisotopic (exact) mass is 431 g/mol. The van der Waals surface area contributed by atoms with Gasteiger partial charge in [-0.1, -0.05) is 29.8 Å². The zero-order valence-corrected chi connectivity index (χ0v) is 16.5. The van der Waals surface area contributed by atoms with Gasteiger partial charge in [0.25, 0.3) is 0 Å². The highest BCUT2D eigenvalue weighted by Crippen LogP contribution is 2.34. The number of hydrogen-bond acceptors (Lipinski definition) is 3. The lowest BCUT2D eigenvalue weighted by atomic mass is 10.2. The number of imidazole rings is 1. The topological polar surface area (TPSA) is 64.0 Å². The summed E-state index contributed by atoms with van der Waals surface area (Å²) in [5.74, 6) is 0.102. The number of benzene rings is 2. The van der Waals surface area contributed by atoms with Crippen molar-refractivity contribution in [3.8, 4) is 0 Å². The molecular formula is C18H17ClF3N3O2S. The van der Waals surface area contributed by atoms with Gasteiger partial charge in [-0.2, -0.15) is 17.9 Å². The standard InChI is InChI=1S/C18H17ClF3N3O2S/c1-3-25-15-11-12(18(20,21)22)9-10-14(15)23-16(25)17(2,19)24-28(26,27)13-7-5-4-6-8-13/h4-11,24H,3H2,1-2H3/t17-/m0/s1. The van der Waals surface area contributed by atoms with Crippen molar-refractivity contribution >= 4 is 32.7 Å². The van der Waals surface area contributed by atoms with Gasteiger partial charge < -0.3 is 4.57 Å². The van der Waals surface area contributed by atoms with Crippen LogP contribution in [0, 0.1) is 0 Å². The average Bonchev–Trinajstić information content (AvgIpc) is 2.99. The molecule has 0 aliphatic heterocycles. The van der Waals surface area contributed by atoms with Crippen LogP contribution in [-0.2, 0) is 27.7 Å². The molecule has 5 nitrogen and oxygen atoms in total. The average molecular weight is 432 g/mol. The second-order valence-electron chi connectivity index (χ2n) is 6.30. The van der Waals surface area contributed by atoms with E-state index in [0.717, 1.165) is 12.1 Å². The highest BCUT2D eigenvalue weighted by molar-refractivity contribution is 7.89. The van der Waals surface area contributed by atoms with Gasteiger partial charge in [0, 0.05) is 6.54 Å². The first-order valence-electron chi connectivity index (χ1n) is 8.31. The molecule has 3 aromatic rings. The molecule has 1 N–H and O–H groups in total. The molecule has 0 fully saturated rings. The van der Waals surface area contributed by atoms with Gasteiger partial charge in [0.05, 0.1) is 21.5 Å². The Bertz CT molecular complexity index is 1110. The third kappa shape index (κ3) is 3.87. The third-order valence-electron chi connectivity index (χ3n) is 4.19. The van der Waals surface area contributed by atoms with E-state index in [1.807, 2.05) is 0 Å². The quantitative estimate of drug-likeness (QED) is 0.479. The Balaban J connectivity index is 2.09. The van der Waals surface area contributed by atoms with Crippen LogP contribution >= 0.6 is 11.6 Å². The largest absolute Gasteiger partial charge is 0.416 e. The zero-order chi connectivity index (χ0) is 20.7. The molecule has 0 unspecified atom stereocenters. The molecule has 150 valence electrons. The first kappa shape index (κ1) is 20.6. The van der Waals surface area contributed by atoms with E-state index in [-0.39, 0.29) is 28.3 Å². The molecular weight excluding hydrogens is 415 g/mol. The van der Waals surface area contributed by atoms with E-state index < -0.39 is 26.8 Å². The molecule has 10 heteroatoms. The molecule has 1 heterocycles. The fraction of sp³-hybridized carbons (Fsp3) is 0.278. The SMILES string of the molecule is CCn1c([C@@](C)(Cl)NS(=O)(=O)c2ccccc2)nc2ccc(C(F)(F)F)cc21. The summed E-state index contributed by atoms with van der Waals surface area (Å²) in [6.07, 6.45) is -4.50. The van der Waals surface area contributed by atoms with E-state index in [1.165, 1.54) is 29.7 Å². The van der Waals surface area contributed by atoms with Crippen molar-refractivity contribution in [2.75, 3.05) is 0 Å². The maximum atomic E-state index is 13.1. The number of alkyl halides is 4. The number of aromatic nitrogens is 2. The van der Waals surface area contributed by atoms with Gasteiger partial charge in [-0.3, -0.25) is 0 Å². The lowest BCUT2D eigenvalue weighted by Crippen LogP contribution is -2.41. The van der Waals surface area contributed by atoms with Crippen molar-refractivity contribution in [3.63, 3.8) is 0 Å². The Labute approximate surface area is 165 Å². The Morgan fingerprint density at radius 2 is 1.79 bits per heavy atom. The highest BCUT2D eigenvalue weighted by atomic mass is 35.5. The molecule has 0 bridgehead atoms. The van der Waals surface area contributed by atoms with E-state index in [0.29, 0.717) is 0 Å². The van der Waals surface area contributed by atoms with Gasteiger partial charge in [-0.15, -0.1) is 0 Å². The summed E-state index contributed by atoms with van der Waals surface area (Å²) in [7, 11) is -3.98. The van der Waals surface area contributed by atoms with Crippen molar-refractivity contribution in [2.24, 2.45) is 0 Å². The minimum absolute atomic E-state index is 0.0143. The summed E-state index contributed by atoms with van der Waals surface area (Å²) in [6.45, 7) is 3.36. The van der Waals surface area contributed by atoms with Crippen molar-refractivity contribution in [1.29, 1.82) is 0 Å². The number of rotatable bonds is 5. The fourth-order valence-electron chi connectivity index (χ4n) is 2.93. The summed E-state index contributed by atoms with van der Waals surface area (Å²) >= 11 is 6.49. The van der Waals surface area contributed by atoms with Gasteiger partial charge in [0.2, 0.25) is 10.0 Å². The minimum atomic E-state index is -4.50. The third-order valence-corrected chi connectivity index (χ3v) is 6.14. The minimum Gasteiger partial charge on any atom is -0.326 e. The molecule has 3 rings (SSSR count). The highest BCUT2D eigenvalue weighted by Gasteiger charge is 2.36. The Kier molecular flexibility index (Phi) is 5.20. The maximum Gasteiger partial charge on any atom is 0.416 e. The van der Waals surface area contributed by atoms with E-state index in [1.54, 1.807) is 25.1 Å². The first-order valence-corrected chi connectivity index (χ1v) is 10.2. The summed E-state index contributed by atoms with van der Waals surface area (Å²) in [5, 5.41) is 0. The van der Waals surface area contributed by atoms with Crippen molar-refractivity contribution < 1.29 is 21.6 Å². The van der Waals surface area contributed by atoms with Gasteiger partial charge >= 0.3 is 6.18 Å². The second-order valence-corrected chi connectivity index (χ2v) is 8.74. The number of fused-ring (bicyclic) bond motifs is 1. The van der Waals surface area contributed by atoms with Crippen LogP contribution in [0.2, 0.25) is 0 Å². The smallest absolute Gasteiger partial charge is 0.326 e. The van der Waals surface area contributed by atoms with Crippen molar-refractivity contribution in [1.82, 2.24) is 14.3 Å². The maximum absolute atomic E-state index is 13.1. The number of nitrogens with zero attached hydrogens (tertiary/aromatic N) is 2.